The highest BCUT2D eigenvalue weighted by molar-refractivity contribution is 5.90. The highest BCUT2D eigenvalue weighted by atomic mass is 16.6. The maximum Gasteiger partial charge on any atom is 0.303 e. The summed E-state index contributed by atoms with van der Waals surface area (Å²) in [6.45, 7) is 0.427. The molecule has 158 valence electrons. The van der Waals surface area contributed by atoms with Crippen molar-refractivity contribution in [1.29, 1.82) is 0 Å². The summed E-state index contributed by atoms with van der Waals surface area (Å²) in [6.07, 6.45) is 2.23. The number of carboxylic acids is 1. The SMILES string of the molecule is O=C(O)CCCCCOc1cc2ccccc2cc1-c1nc2ccc([N+](=O)[O-])cc2o1. The van der Waals surface area contributed by atoms with E-state index >= 15 is 0 Å². The van der Waals surface area contributed by atoms with Gasteiger partial charge in [-0.25, -0.2) is 4.98 Å². The van der Waals surface area contributed by atoms with Crippen molar-refractivity contribution in [2.75, 3.05) is 6.61 Å². The summed E-state index contributed by atoms with van der Waals surface area (Å²) in [7, 11) is 0. The molecular weight excluding hydrogens is 400 g/mol. The molecule has 4 rings (SSSR count). The number of fused-ring (bicyclic) bond motifs is 2. The number of nitro benzene ring substituents is 1. The molecule has 0 atom stereocenters. The van der Waals surface area contributed by atoms with E-state index in [0.717, 1.165) is 23.6 Å². The van der Waals surface area contributed by atoms with Crippen molar-refractivity contribution in [2.24, 2.45) is 0 Å². The highest BCUT2D eigenvalue weighted by Crippen LogP contribution is 2.36. The molecule has 4 aromatic rings. The van der Waals surface area contributed by atoms with Crippen LogP contribution in [0.2, 0.25) is 0 Å². The van der Waals surface area contributed by atoms with E-state index in [4.69, 9.17) is 14.3 Å². The molecule has 1 N–H and O–H groups in total. The molecule has 3 aromatic carbocycles. The van der Waals surface area contributed by atoms with Gasteiger partial charge >= 0.3 is 5.97 Å². The van der Waals surface area contributed by atoms with E-state index in [1.807, 2.05) is 36.4 Å². The molecule has 8 nitrogen and oxygen atoms in total. The van der Waals surface area contributed by atoms with Gasteiger partial charge in [0, 0.05) is 12.5 Å². The minimum absolute atomic E-state index is 0.0634. The molecular formula is C23H20N2O6. The molecule has 0 radical (unpaired) electrons. The predicted molar refractivity (Wildman–Crippen MR) is 115 cm³/mol. The summed E-state index contributed by atoms with van der Waals surface area (Å²) in [4.78, 5) is 25.7. The van der Waals surface area contributed by atoms with Crippen molar-refractivity contribution < 1.29 is 24.0 Å². The molecule has 0 aliphatic heterocycles. The number of nitro groups is 1. The normalized spacial score (nSPS) is 11.1. The number of oxazole rings is 1. The standard InChI is InChI=1S/C23H20N2O6/c26-22(27)8-2-1-5-11-30-20-13-16-7-4-3-6-15(16)12-18(20)23-24-19-10-9-17(25(28)29)14-21(19)31-23/h3-4,6-7,9-10,12-14H,1-2,5,8,11H2,(H,26,27). The first-order valence-corrected chi connectivity index (χ1v) is 9.94. The van der Waals surface area contributed by atoms with Crippen molar-refractivity contribution in [3.8, 4) is 17.2 Å². The zero-order valence-corrected chi connectivity index (χ0v) is 16.6. The van der Waals surface area contributed by atoms with Crippen LogP contribution in [0.4, 0.5) is 5.69 Å². The van der Waals surface area contributed by atoms with Gasteiger partial charge in [0.05, 0.1) is 23.2 Å². The van der Waals surface area contributed by atoms with Crippen LogP contribution >= 0.6 is 0 Å². The third-order valence-electron chi connectivity index (χ3n) is 4.95. The monoisotopic (exact) mass is 420 g/mol. The maximum absolute atomic E-state index is 11.0. The van der Waals surface area contributed by atoms with Crippen LogP contribution in [0.25, 0.3) is 33.3 Å². The lowest BCUT2D eigenvalue weighted by Crippen LogP contribution is -2.00. The van der Waals surface area contributed by atoms with Gasteiger partial charge < -0.3 is 14.3 Å². The second-order valence-corrected chi connectivity index (χ2v) is 7.18. The Labute approximate surface area is 177 Å². The summed E-state index contributed by atoms with van der Waals surface area (Å²) in [5.41, 5.74) is 1.44. The van der Waals surface area contributed by atoms with E-state index in [-0.39, 0.29) is 12.1 Å². The van der Waals surface area contributed by atoms with E-state index in [0.29, 0.717) is 41.3 Å². The Kier molecular flexibility index (Phi) is 5.79. The molecule has 1 aromatic heterocycles. The lowest BCUT2D eigenvalue weighted by atomic mass is 10.1. The minimum atomic E-state index is -0.797. The Bertz CT molecular complexity index is 1260. The molecule has 31 heavy (non-hydrogen) atoms. The van der Waals surface area contributed by atoms with Crippen molar-refractivity contribution in [1.82, 2.24) is 4.98 Å². The van der Waals surface area contributed by atoms with Gasteiger partial charge in [0.25, 0.3) is 5.69 Å². The lowest BCUT2D eigenvalue weighted by molar-refractivity contribution is -0.384. The van der Waals surface area contributed by atoms with Gasteiger partial charge in [-0.15, -0.1) is 0 Å². The number of carboxylic acid groups (broad SMARTS) is 1. The first kappa shape index (κ1) is 20.3. The van der Waals surface area contributed by atoms with Crippen LogP contribution in [-0.2, 0) is 4.79 Å². The van der Waals surface area contributed by atoms with Crippen LogP contribution < -0.4 is 4.74 Å². The fourth-order valence-electron chi connectivity index (χ4n) is 3.39. The average molecular weight is 420 g/mol. The molecule has 0 aliphatic carbocycles. The van der Waals surface area contributed by atoms with E-state index in [1.165, 1.54) is 12.1 Å². The molecule has 0 saturated carbocycles. The number of aliphatic carboxylic acids is 1. The molecule has 0 bridgehead atoms. The van der Waals surface area contributed by atoms with E-state index in [2.05, 4.69) is 4.98 Å². The Balaban J connectivity index is 1.64. The summed E-state index contributed by atoms with van der Waals surface area (Å²) in [6, 6.07) is 16.0. The van der Waals surface area contributed by atoms with Gasteiger partial charge in [0.2, 0.25) is 5.89 Å². The largest absolute Gasteiger partial charge is 0.493 e. The fourth-order valence-corrected chi connectivity index (χ4v) is 3.39. The van der Waals surface area contributed by atoms with Crippen LogP contribution in [0.15, 0.2) is 59.0 Å². The molecule has 0 fully saturated rings. The van der Waals surface area contributed by atoms with Gasteiger partial charge in [-0.2, -0.15) is 0 Å². The van der Waals surface area contributed by atoms with Crippen LogP contribution in [-0.4, -0.2) is 27.6 Å². The predicted octanol–water partition coefficient (Wildman–Crippen LogP) is 5.58. The highest BCUT2D eigenvalue weighted by Gasteiger charge is 2.17. The lowest BCUT2D eigenvalue weighted by Gasteiger charge is -2.11. The summed E-state index contributed by atoms with van der Waals surface area (Å²) >= 11 is 0. The Hall–Kier alpha value is -3.94. The van der Waals surface area contributed by atoms with Gasteiger partial charge in [-0.05, 0) is 48.2 Å². The van der Waals surface area contributed by atoms with Gasteiger partial charge in [-0.1, -0.05) is 24.3 Å². The number of hydrogen-bond donors (Lipinski definition) is 1. The Morgan fingerprint density at radius 3 is 2.58 bits per heavy atom. The average Bonchev–Trinajstić information content (AvgIpc) is 3.18. The summed E-state index contributed by atoms with van der Waals surface area (Å²) in [5, 5.41) is 21.8. The van der Waals surface area contributed by atoms with Gasteiger partial charge in [0.15, 0.2) is 5.58 Å². The number of non-ortho nitro benzene ring substituents is 1. The van der Waals surface area contributed by atoms with Gasteiger partial charge in [0.1, 0.15) is 11.3 Å². The van der Waals surface area contributed by atoms with E-state index in [1.54, 1.807) is 6.07 Å². The number of rotatable bonds is 9. The molecule has 0 spiro atoms. The number of carbonyl (C=O) groups is 1. The van der Waals surface area contributed by atoms with Gasteiger partial charge in [-0.3, -0.25) is 14.9 Å². The molecule has 0 aliphatic rings. The van der Waals surface area contributed by atoms with E-state index < -0.39 is 10.9 Å². The first-order valence-electron chi connectivity index (χ1n) is 9.94. The van der Waals surface area contributed by atoms with Crippen LogP contribution in [0, 0.1) is 10.1 Å². The van der Waals surface area contributed by atoms with Crippen LogP contribution in [0.1, 0.15) is 25.7 Å². The minimum Gasteiger partial charge on any atom is -0.493 e. The number of hydrogen-bond acceptors (Lipinski definition) is 6. The third kappa shape index (κ3) is 4.63. The van der Waals surface area contributed by atoms with Crippen molar-refractivity contribution in [2.45, 2.75) is 25.7 Å². The van der Waals surface area contributed by atoms with Crippen molar-refractivity contribution in [3.05, 3.63) is 64.7 Å². The number of nitrogens with zero attached hydrogens (tertiary/aromatic N) is 2. The fraction of sp³-hybridized carbons (Fsp3) is 0.217. The molecule has 8 heteroatoms. The second kappa shape index (κ2) is 8.83. The number of ether oxygens (including phenoxy) is 1. The topological polar surface area (TPSA) is 116 Å². The molecule has 0 unspecified atom stereocenters. The number of aromatic nitrogens is 1. The quantitative estimate of drug-likeness (QED) is 0.213. The zero-order chi connectivity index (χ0) is 21.8. The molecule has 0 saturated heterocycles. The number of benzene rings is 3. The maximum atomic E-state index is 11.0. The van der Waals surface area contributed by atoms with Crippen LogP contribution in [0.5, 0.6) is 5.75 Å². The number of unbranched alkanes of at least 4 members (excludes halogenated alkanes) is 2. The second-order valence-electron chi connectivity index (χ2n) is 7.18. The molecule has 1 heterocycles. The van der Waals surface area contributed by atoms with Crippen molar-refractivity contribution in [3.63, 3.8) is 0 Å². The Morgan fingerprint density at radius 2 is 1.84 bits per heavy atom. The van der Waals surface area contributed by atoms with Crippen LogP contribution in [0.3, 0.4) is 0 Å². The third-order valence-corrected chi connectivity index (χ3v) is 4.95. The summed E-state index contributed by atoms with van der Waals surface area (Å²) < 4.78 is 11.9. The molecule has 0 amide bonds. The zero-order valence-electron chi connectivity index (χ0n) is 16.6. The van der Waals surface area contributed by atoms with E-state index in [9.17, 15) is 14.9 Å². The van der Waals surface area contributed by atoms with Crippen molar-refractivity contribution >= 4 is 33.5 Å². The first-order chi connectivity index (χ1) is 15.0. The smallest absolute Gasteiger partial charge is 0.303 e. The Morgan fingerprint density at radius 1 is 1.06 bits per heavy atom. The summed E-state index contributed by atoms with van der Waals surface area (Å²) in [5.74, 6) is 0.119.